The number of fused-ring (bicyclic) bond motifs is 1. The molecular formula is C12H17N3O. The van der Waals surface area contributed by atoms with Crippen LogP contribution in [0.5, 0.6) is 0 Å². The highest BCUT2D eigenvalue weighted by Crippen LogP contribution is 2.24. The van der Waals surface area contributed by atoms with Crippen molar-refractivity contribution < 1.29 is 4.84 Å². The maximum absolute atomic E-state index is 5.40. The first kappa shape index (κ1) is 11.0. The monoisotopic (exact) mass is 219 g/mol. The quantitative estimate of drug-likeness (QED) is 0.447. The lowest BCUT2D eigenvalue weighted by Gasteiger charge is -2.18. The molecular weight excluding hydrogens is 202 g/mol. The van der Waals surface area contributed by atoms with Crippen LogP contribution in [0.4, 0.5) is 0 Å². The van der Waals surface area contributed by atoms with E-state index >= 15 is 0 Å². The fourth-order valence-corrected chi connectivity index (χ4v) is 2.21. The molecule has 0 atom stereocenters. The summed E-state index contributed by atoms with van der Waals surface area (Å²) < 4.78 is 0. The summed E-state index contributed by atoms with van der Waals surface area (Å²) in [6.45, 7) is 0.548. The first-order valence-electron chi connectivity index (χ1n) is 5.57. The van der Waals surface area contributed by atoms with Crippen molar-refractivity contribution in [2.45, 2.75) is 32.2 Å². The second kappa shape index (κ2) is 4.99. The average molecular weight is 219 g/mol. The second-order valence-corrected chi connectivity index (χ2v) is 4.03. The van der Waals surface area contributed by atoms with Gasteiger partial charge in [-0.3, -0.25) is 0 Å². The van der Waals surface area contributed by atoms with Gasteiger partial charge in [0.1, 0.15) is 0 Å². The molecule has 0 amide bonds. The van der Waals surface area contributed by atoms with E-state index in [0.717, 1.165) is 6.42 Å². The molecule has 0 heterocycles. The van der Waals surface area contributed by atoms with Crippen LogP contribution in [0.15, 0.2) is 23.2 Å². The molecule has 1 aromatic carbocycles. The van der Waals surface area contributed by atoms with Crippen LogP contribution in [0.2, 0.25) is 0 Å². The standard InChI is InChI=1S/C12H17N3O/c13-12(16-14)15-8-10-6-3-5-9-4-1-2-7-11(9)10/h3,5-6H,1-2,4,7-8,14H2,(H2,13,15). The largest absolute Gasteiger partial charge is 0.374 e. The Hall–Kier alpha value is -1.55. The summed E-state index contributed by atoms with van der Waals surface area (Å²) in [6.07, 6.45) is 4.87. The van der Waals surface area contributed by atoms with Gasteiger partial charge < -0.3 is 10.6 Å². The van der Waals surface area contributed by atoms with E-state index in [-0.39, 0.29) is 6.02 Å². The molecule has 0 bridgehead atoms. The third kappa shape index (κ3) is 2.33. The molecule has 0 fully saturated rings. The molecule has 0 spiro atoms. The lowest BCUT2D eigenvalue weighted by Crippen LogP contribution is -2.20. The van der Waals surface area contributed by atoms with Gasteiger partial charge in [0, 0.05) is 0 Å². The van der Waals surface area contributed by atoms with Gasteiger partial charge >= 0.3 is 6.02 Å². The molecule has 0 saturated heterocycles. The van der Waals surface area contributed by atoms with Crippen molar-refractivity contribution in [2.24, 2.45) is 16.6 Å². The van der Waals surface area contributed by atoms with Crippen LogP contribution in [-0.4, -0.2) is 6.02 Å². The maximum atomic E-state index is 5.40. The topological polar surface area (TPSA) is 73.6 Å². The first-order valence-corrected chi connectivity index (χ1v) is 5.57. The van der Waals surface area contributed by atoms with E-state index in [4.69, 9.17) is 11.6 Å². The Morgan fingerprint density at radius 3 is 2.94 bits per heavy atom. The number of aliphatic imine (C=N–C) groups is 1. The molecule has 2 rings (SSSR count). The number of hydrogen-bond donors (Lipinski definition) is 2. The van der Waals surface area contributed by atoms with Crippen LogP contribution in [-0.2, 0) is 24.2 Å². The number of nitrogens with two attached hydrogens (primary N) is 2. The summed E-state index contributed by atoms with van der Waals surface area (Å²) in [5.41, 5.74) is 9.52. The molecule has 4 nitrogen and oxygen atoms in total. The van der Waals surface area contributed by atoms with Crippen molar-refractivity contribution in [2.75, 3.05) is 0 Å². The number of amidine groups is 1. The Balaban J connectivity index is 2.21. The Kier molecular flexibility index (Phi) is 3.41. The van der Waals surface area contributed by atoms with Crippen molar-refractivity contribution in [3.8, 4) is 0 Å². The molecule has 1 aliphatic rings. The summed E-state index contributed by atoms with van der Waals surface area (Å²) in [6, 6.07) is 6.41. The van der Waals surface area contributed by atoms with Crippen LogP contribution >= 0.6 is 0 Å². The van der Waals surface area contributed by atoms with E-state index in [1.807, 2.05) is 0 Å². The SMILES string of the molecule is NOC(N)=NCc1cccc2c1CCCC2. The van der Waals surface area contributed by atoms with Gasteiger partial charge in [0.2, 0.25) is 0 Å². The second-order valence-electron chi connectivity index (χ2n) is 4.03. The molecule has 0 aliphatic heterocycles. The minimum absolute atomic E-state index is 0.0356. The van der Waals surface area contributed by atoms with Gasteiger partial charge in [-0.2, -0.15) is 5.90 Å². The number of hydrogen-bond acceptors (Lipinski definition) is 3. The van der Waals surface area contributed by atoms with E-state index in [0.29, 0.717) is 6.54 Å². The minimum Gasteiger partial charge on any atom is -0.374 e. The number of rotatable bonds is 2. The summed E-state index contributed by atoms with van der Waals surface area (Å²) in [5.74, 6) is 4.92. The third-order valence-electron chi connectivity index (χ3n) is 3.02. The highest BCUT2D eigenvalue weighted by atomic mass is 16.6. The van der Waals surface area contributed by atoms with Gasteiger partial charge in [-0.15, -0.1) is 0 Å². The van der Waals surface area contributed by atoms with E-state index in [9.17, 15) is 0 Å². The zero-order valence-corrected chi connectivity index (χ0v) is 9.28. The predicted molar refractivity (Wildman–Crippen MR) is 63.7 cm³/mol. The highest BCUT2D eigenvalue weighted by molar-refractivity contribution is 5.70. The number of benzene rings is 1. The van der Waals surface area contributed by atoms with Crippen LogP contribution in [0.3, 0.4) is 0 Å². The van der Waals surface area contributed by atoms with Crippen molar-refractivity contribution in [3.05, 3.63) is 34.9 Å². The zero-order chi connectivity index (χ0) is 11.4. The first-order chi connectivity index (χ1) is 7.81. The summed E-state index contributed by atoms with van der Waals surface area (Å²) in [4.78, 5) is 8.41. The molecule has 4 N–H and O–H groups in total. The highest BCUT2D eigenvalue weighted by Gasteiger charge is 2.12. The zero-order valence-electron chi connectivity index (χ0n) is 9.28. The molecule has 4 heteroatoms. The fourth-order valence-electron chi connectivity index (χ4n) is 2.21. The Labute approximate surface area is 95.3 Å². The number of nitrogens with zero attached hydrogens (tertiary/aromatic N) is 1. The van der Waals surface area contributed by atoms with Crippen LogP contribution in [0.25, 0.3) is 0 Å². The van der Waals surface area contributed by atoms with E-state index in [1.165, 1.54) is 36.0 Å². The van der Waals surface area contributed by atoms with Gasteiger partial charge in [-0.05, 0) is 42.4 Å². The van der Waals surface area contributed by atoms with Crippen molar-refractivity contribution >= 4 is 6.02 Å². The predicted octanol–water partition coefficient (Wildman–Crippen LogP) is 1.27. The van der Waals surface area contributed by atoms with Gasteiger partial charge in [0.15, 0.2) is 0 Å². The molecule has 0 aromatic heterocycles. The molecule has 16 heavy (non-hydrogen) atoms. The maximum Gasteiger partial charge on any atom is 0.302 e. The Morgan fingerprint density at radius 2 is 2.12 bits per heavy atom. The van der Waals surface area contributed by atoms with E-state index in [2.05, 4.69) is 28.0 Å². The lowest BCUT2D eigenvalue weighted by atomic mass is 9.88. The summed E-state index contributed by atoms with van der Waals surface area (Å²) in [7, 11) is 0. The van der Waals surface area contributed by atoms with Crippen LogP contribution in [0.1, 0.15) is 29.5 Å². The Bertz CT molecular complexity index is 401. The smallest absolute Gasteiger partial charge is 0.302 e. The fraction of sp³-hybridized carbons (Fsp3) is 0.417. The average Bonchev–Trinajstić information content (AvgIpc) is 2.35. The molecule has 1 aromatic rings. The summed E-state index contributed by atoms with van der Waals surface area (Å²) in [5, 5.41) is 0. The minimum atomic E-state index is 0.0356. The van der Waals surface area contributed by atoms with E-state index in [1.54, 1.807) is 0 Å². The van der Waals surface area contributed by atoms with Gasteiger partial charge in [0.05, 0.1) is 6.54 Å². The molecule has 0 radical (unpaired) electrons. The molecule has 1 aliphatic carbocycles. The Morgan fingerprint density at radius 1 is 1.31 bits per heavy atom. The van der Waals surface area contributed by atoms with Crippen molar-refractivity contribution in [1.82, 2.24) is 0 Å². The van der Waals surface area contributed by atoms with Crippen LogP contribution in [0, 0.1) is 0 Å². The van der Waals surface area contributed by atoms with Crippen molar-refractivity contribution in [3.63, 3.8) is 0 Å². The van der Waals surface area contributed by atoms with Gasteiger partial charge in [-0.25, -0.2) is 4.99 Å². The van der Waals surface area contributed by atoms with E-state index < -0.39 is 0 Å². The van der Waals surface area contributed by atoms with Crippen LogP contribution < -0.4 is 11.6 Å². The van der Waals surface area contributed by atoms with Gasteiger partial charge in [-0.1, -0.05) is 18.2 Å². The molecule has 0 saturated carbocycles. The van der Waals surface area contributed by atoms with Gasteiger partial charge in [0.25, 0.3) is 0 Å². The van der Waals surface area contributed by atoms with Crippen molar-refractivity contribution in [1.29, 1.82) is 0 Å². The molecule has 86 valence electrons. The summed E-state index contributed by atoms with van der Waals surface area (Å²) >= 11 is 0. The normalized spacial score (nSPS) is 15.7. The number of aryl methyl sites for hydroxylation is 1. The lowest BCUT2D eigenvalue weighted by molar-refractivity contribution is 0.313. The third-order valence-corrected chi connectivity index (χ3v) is 3.02. The molecule has 0 unspecified atom stereocenters.